The number of pyridine rings is 1. The average molecular weight is 454 g/mol. The number of rotatable bonds is 6. The number of aryl methyl sites for hydroxylation is 1. The lowest BCUT2D eigenvalue weighted by Gasteiger charge is -2.33. The van der Waals surface area contributed by atoms with Crippen LogP contribution in [0.2, 0.25) is 0 Å². The van der Waals surface area contributed by atoms with E-state index < -0.39 is 0 Å². The molecule has 0 aliphatic carbocycles. The Kier molecular flexibility index (Phi) is 7.11. The van der Waals surface area contributed by atoms with Gasteiger partial charge in [-0.25, -0.2) is 4.98 Å². The summed E-state index contributed by atoms with van der Waals surface area (Å²) >= 11 is 0. The summed E-state index contributed by atoms with van der Waals surface area (Å²) in [4.78, 5) is 25.3. The van der Waals surface area contributed by atoms with Gasteiger partial charge >= 0.3 is 0 Å². The Morgan fingerprint density at radius 1 is 0.939 bits per heavy atom. The molecule has 0 radical (unpaired) electrons. The number of piperidine rings is 1. The van der Waals surface area contributed by atoms with E-state index in [1.165, 1.54) is 58.2 Å². The maximum atomic E-state index is 13.1. The lowest BCUT2D eigenvalue weighted by molar-refractivity contribution is 0.0903. The van der Waals surface area contributed by atoms with Gasteiger partial charge in [-0.05, 0) is 57.7 Å². The van der Waals surface area contributed by atoms with Gasteiger partial charge in [0.2, 0.25) is 0 Å². The molecule has 180 valence electrons. The Labute approximate surface area is 197 Å². The minimum Gasteiger partial charge on any atom is -0.370 e. The Hall–Kier alpha value is -2.19. The highest BCUT2D eigenvalue weighted by Crippen LogP contribution is 2.24. The molecule has 0 unspecified atom stereocenters. The van der Waals surface area contributed by atoms with Crippen LogP contribution in [0.1, 0.15) is 61.9 Å². The van der Waals surface area contributed by atoms with Crippen molar-refractivity contribution in [1.82, 2.24) is 29.9 Å². The number of amides is 1. The zero-order chi connectivity index (χ0) is 22.6. The minimum atomic E-state index is -0.0915. The van der Waals surface area contributed by atoms with Crippen molar-refractivity contribution in [3.63, 3.8) is 0 Å². The summed E-state index contributed by atoms with van der Waals surface area (Å²) in [5.41, 5.74) is 3.22. The number of carbonyl (C=O) groups excluding carboxylic acids is 1. The number of carbonyl (C=O) groups is 1. The van der Waals surface area contributed by atoms with Crippen LogP contribution >= 0.6 is 0 Å². The molecule has 2 aromatic heterocycles. The molecule has 2 aromatic rings. The lowest BCUT2D eigenvalue weighted by Crippen LogP contribution is -2.46. The normalized spacial score (nSPS) is 21.5. The van der Waals surface area contributed by atoms with Gasteiger partial charge in [-0.3, -0.25) is 9.48 Å². The lowest BCUT2D eigenvalue weighted by atomic mass is 10.0. The summed E-state index contributed by atoms with van der Waals surface area (Å²) in [5, 5.41) is 7.80. The monoisotopic (exact) mass is 453 g/mol. The second kappa shape index (κ2) is 10.4. The number of nitrogens with one attached hydrogen (secondary N) is 1. The standard InChI is InChI=1S/C25H39N7O/c1-29-22-18-21(32-12-4-2-3-5-13-32)19-26-23(22)24(28-29)25(33)27-20-8-14-31(15-9-20)17-16-30-10-6-7-11-30/h18-20H,2-17H2,1H3,(H,27,33). The molecule has 3 aliphatic heterocycles. The van der Waals surface area contributed by atoms with Gasteiger partial charge in [-0.2, -0.15) is 5.10 Å². The summed E-state index contributed by atoms with van der Waals surface area (Å²) < 4.78 is 1.81. The fourth-order valence-corrected chi connectivity index (χ4v) is 5.62. The number of hydrogen-bond donors (Lipinski definition) is 1. The molecule has 3 saturated heterocycles. The predicted octanol–water partition coefficient (Wildman–Crippen LogP) is 2.64. The van der Waals surface area contributed by atoms with Crippen molar-refractivity contribution in [2.24, 2.45) is 7.05 Å². The molecule has 1 amide bonds. The van der Waals surface area contributed by atoms with E-state index in [-0.39, 0.29) is 11.9 Å². The SMILES string of the molecule is Cn1nc(C(=O)NC2CCN(CCN3CCCC3)CC2)c2ncc(N3CCCCCC3)cc21. The molecule has 0 aromatic carbocycles. The van der Waals surface area contributed by atoms with Crippen LogP contribution in [0.25, 0.3) is 11.0 Å². The Bertz CT molecular complexity index is 936. The van der Waals surface area contributed by atoms with Crippen molar-refractivity contribution in [2.75, 3.05) is 57.3 Å². The first-order valence-corrected chi connectivity index (χ1v) is 13.0. The largest absolute Gasteiger partial charge is 0.370 e. The van der Waals surface area contributed by atoms with Crippen LogP contribution < -0.4 is 10.2 Å². The van der Waals surface area contributed by atoms with E-state index in [4.69, 9.17) is 4.98 Å². The van der Waals surface area contributed by atoms with Crippen molar-refractivity contribution in [3.05, 3.63) is 18.0 Å². The Morgan fingerprint density at radius 3 is 2.27 bits per heavy atom. The molecule has 0 atom stereocenters. The predicted molar refractivity (Wildman–Crippen MR) is 132 cm³/mol. The van der Waals surface area contributed by atoms with Crippen molar-refractivity contribution < 1.29 is 4.79 Å². The molecular weight excluding hydrogens is 414 g/mol. The van der Waals surface area contributed by atoms with Crippen molar-refractivity contribution in [2.45, 2.75) is 57.4 Å². The van der Waals surface area contributed by atoms with Gasteiger partial charge in [0.1, 0.15) is 5.52 Å². The van der Waals surface area contributed by atoms with Gasteiger partial charge in [0, 0.05) is 52.4 Å². The highest BCUT2D eigenvalue weighted by molar-refractivity contribution is 6.03. The molecule has 0 saturated carbocycles. The van der Waals surface area contributed by atoms with Crippen molar-refractivity contribution in [3.8, 4) is 0 Å². The zero-order valence-corrected chi connectivity index (χ0v) is 20.1. The number of nitrogens with zero attached hydrogens (tertiary/aromatic N) is 6. The van der Waals surface area contributed by atoms with Crippen LogP contribution in [0.3, 0.4) is 0 Å². The van der Waals surface area contributed by atoms with Crippen LogP contribution in [0.5, 0.6) is 0 Å². The topological polar surface area (TPSA) is 69.5 Å². The first-order valence-electron chi connectivity index (χ1n) is 13.0. The van der Waals surface area contributed by atoms with Crippen molar-refractivity contribution in [1.29, 1.82) is 0 Å². The van der Waals surface area contributed by atoms with Crippen LogP contribution in [0.4, 0.5) is 5.69 Å². The van der Waals surface area contributed by atoms with E-state index >= 15 is 0 Å². The summed E-state index contributed by atoms with van der Waals surface area (Å²) in [6.07, 6.45) is 11.7. The second-order valence-electron chi connectivity index (χ2n) is 10.1. The molecule has 8 nitrogen and oxygen atoms in total. The van der Waals surface area contributed by atoms with E-state index in [0.717, 1.165) is 56.8 Å². The molecule has 5 heterocycles. The van der Waals surface area contributed by atoms with Gasteiger partial charge in [-0.15, -0.1) is 0 Å². The maximum absolute atomic E-state index is 13.1. The van der Waals surface area contributed by atoms with Gasteiger partial charge in [-0.1, -0.05) is 12.8 Å². The van der Waals surface area contributed by atoms with Gasteiger partial charge in [0.15, 0.2) is 5.69 Å². The van der Waals surface area contributed by atoms with Gasteiger partial charge in [0.05, 0.1) is 17.4 Å². The third-order valence-electron chi connectivity index (χ3n) is 7.72. The molecule has 33 heavy (non-hydrogen) atoms. The van der Waals surface area contributed by atoms with Gasteiger partial charge < -0.3 is 20.0 Å². The van der Waals surface area contributed by atoms with E-state index in [9.17, 15) is 4.79 Å². The molecule has 8 heteroatoms. The van der Waals surface area contributed by atoms with E-state index in [2.05, 4.69) is 31.2 Å². The van der Waals surface area contributed by atoms with Crippen LogP contribution in [0, 0.1) is 0 Å². The number of anilines is 1. The van der Waals surface area contributed by atoms with Crippen molar-refractivity contribution >= 4 is 22.6 Å². The van der Waals surface area contributed by atoms with Crippen LogP contribution in [-0.4, -0.2) is 88.9 Å². The summed E-state index contributed by atoms with van der Waals surface area (Å²) in [5.74, 6) is -0.0915. The second-order valence-corrected chi connectivity index (χ2v) is 10.1. The quantitative estimate of drug-likeness (QED) is 0.725. The summed E-state index contributed by atoms with van der Waals surface area (Å²) in [6, 6.07) is 2.37. The summed E-state index contributed by atoms with van der Waals surface area (Å²) in [6.45, 7) is 9.12. The maximum Gasteiger partial charge on any atom is 0.274 e. The average Bonchev–Trinajstić information content (AvgIpc) is 3.37. The Balaban J connectivity index is 1.18. The fraction of sp³-hybridized carbons (Fsp3) is 0.720. The molecule has 5 rings (SSSR count). The molecule has 3 aliphatic rings. The molecule has 0 bridgehead atoms. The van der Waals surface area contributed by atoms with Crippen LogP contribution in [0.15, 0.2) is 12.3 Å². The first-order chi connectivity index (χ1) is 16.2. The third kappa shape index (κ3) is 5.32. The Morgan fingerprint density at radius 2 is 1.58 bits per heavy atom. The third-order valence-corrected chi connectivity index (χ3v) is 7.72. The highest BCUT2D eigenvalue weighted by atomic mass is 16.2. The zero-order valence-electron chi connectivity index (χ0n) is 20.1. The fourth-order valence-electron chi connectivity index (χ4n) is 5.62. The molecule has 1 N–H and O–H groups in total. The highest BCUT2D eigenvalue weighted by Gasteiger charge is 2.25. The number of aromatic nitrogens is 3. The number of likely N-dealkylation sites (tertiary alicyclic amines) is 2. The summed E-state index contributed by atoms with van der Waals surface area (Å²) in [7, 11) is 1.91. The molecular formula is C25H39N7O. The minimum absolute atomic E-state index is 0.0915. The number of fused-ring (bicyclic) bond motifs is 1. The molecule has 3 fully saturated rings. The van der Waals surface area contributed by atoms with E-state index in [1.54, 1.807) is 4.68 Å². The van der Waals surface area contributed by atoms with Crippen LogP contribution in [-0.2, 0) is 7.05 Å². The van der Waals surface area contributed by atoms with E-state index in [1.807, 2.05) is 13.2 Å². The van der Waals surface area contributed by atoms with Gasteiger partial charge in [0.25, 0.3) is 5.91 Å². The van der Waals surface area contributed by atoms with E-state index in [0.29, 0.717) is 11.2 Å². The smallest absolute Gasteiger partial charge is 0.274 e. The first kappa shape index (κ1) is 22.6. The molecule has 0 spiro atoms. The number of hydrogen-bond acceptors (Lipinski definition) is 6.